The molecule has 1 aromatic carbocycles. The van der Waals surface area contributed by atoms with Gasteiger partial charge >= 0.3 is 0 Å². The number of hydrogen-bond acceptors (Lipinski definition) is 5. The first kappa shape index (κ1) is 19.1. The Balaban J connectivity index is 1.71. The second-order valence-electron chi connectivity index (χ2n) is 6.07. The number of piperazine rings is 1. The zero-order valence-electron chi connectivity index (χ0n) is 15.2. The Bertz CT molecular complexity index is 598. The maximum atomic E-state index is 12.1. The third-order valence-electron chi connectivity index (χ3n) is 4.37. The van der Waals surface area contributed by atoms with Crippen LogP contribution in [0.4, 0.5) is 0 Å². The lowest BCUT2D eigenvalue weighted by atomic mass is 10.1. The topological polar surface area (TPSA) is 71.1 Å². The molecule has 2 rings (SSSR count). The number of rotatable bonds is 7. The van der Waals surface area contributed by atoms with Crippen LogP contribution in [-0.2, 0) is 16.0 Å². The fourth-order valence-corrected chi connectivity index (χ4v) is 2.86. The number of amides is 2. The molecule has 0 radical (unpaired) electrons. The summed E-state index contributed by atoms with van der Waals surface area (Å²) in [5.74, 6) is 1.49. The minimum absolute atomic E-state index is 0.0109. The molecule has 0 bridgehead atoms. The van der Waals surface area contributed by atoms with Gasteiger partial charge in [-0.15, -0.1) is 0 Å². The van der Waals surface area contributed by atoms with Gasteiger partial charge in [0.15, 0.2) is 11.5 Å². The quantitative estimate of drug-likeness (QED) is 0.777. The Kier molecular flexibility index (Phi) is 7.06. The highest BCUT2D eigenvalue weighted by Gasteiger charge is 2.20. The van der Waals surface area contributed by atoms with E-state index in [2.05, 4.69) is 10.2 Å². The lowest BCUT2D eigenvalue weighted by Crippen LogP contribution is -2.50. The summed E-state index contributed by atoms with van der Waals surface area (Å²) in [6.07, 6.45) is 0.726. The molecule has 0 aliphatic carbocycles. The van der Waals surface area contributed by atoms with Gasteiger partial charge in [-0.25, -0.2) is 0 Å². The highest BCUT2D eigenvalue weighted by atomic mass is 16.5. The van der Waals surface area contributed by atoms with E-state index in [1.165, 1.54) is 0 Å². The molecule has 1 aliphatic rings. The number of benzene rings is 1. The molecular weight excluding hydrogens is 322 g/mol. The van der Waals surface area contributed by atoms with Crippen LogP contribution in [-0.4, -0.2) is 75.1 Å². The van der Waals surface area contributed by atoms with Crippen LogP contribution in [0.3, 0.4) is 0 Å². The Morgan fingerprint density at radius 3 is 2.36 bits per heavy atom. The molecule has 1 aromatic rings. The van der Waals surface area contributed by atoms with Gasteiger partial charge in [0.05, 0.1) is 20.8 Å². The van der Waals surface area contributed by atoms with Crippen molar-refractivity contribution in [2.24, 2.45) is 0 Å². The van der Waals surface area contributed by atoms with Crippen molar-refractivity contribution in [1.82, 2.24) is 15.1 Å². The summed E-state index contributed by atoms with van der Waals surface area (Å²) in [6.45, 7) is 5.38. The molecule has 0 spiro atoms. The molecule has 0 atom stereocenters. The van der Waals surface area contributed by atoms with Crippen LogP contribution < -0.4 is 14.8 Å². The Morgan fingerprint density at radius 1 is 1.08 bits per heavy atom. The highest BCUT2D eigenvalue weighted by molar-refractivity contribution is 5.78. The number of ether oxygens (including phenoxy) is 2. The van der Waals surface area contributed by atoms with Gasteiger partial charge in [0.25, 0.3) is 0 Å². The molecule has 25 heavy (non-hydrogen) atoms. The summed E-state index contributed by atoms with van der Waals surface area (Å²) in [6, 6.07) is 5.75. The maximum absolute atomic E-state index is 12.1. The second kappa shape index (κ2) is 9.27. The van der Waals surface area contributed by atoms with Crippen LogP contribution in [0.15, 0.2) is 18.2 Å². The lowest BCUT2D eigenvalue weighted by molar-refractivity contribution is -0.131. The van der Waals surface area contributed by atoms with Crippen molar-refractivity contribution in [2.75, 3.05) is 53.5 Å². The first-order valence-corrected chi connectivity index (χ1v) is 8.49. The van der Waals surface area contributed by atoms with Gasteiger partial charge in [0, 0.05) is 39.6 Å². The normalized spacial score (nSPS) is 14.9. The molecule has 1 saturated heterocycles. The Morgan fingerprint density at radius 2 is 1.76 bits per heavy atom. The minimum Gasteiger partial charge on any atom is -0.493 e. The zero-order valence-corrected chi connectivity index (χ0v) is 15.2. The summed E-state index contributed by atoms with van der Waals surface area (Å²) < 4.78 is 10.5. The molecule has 2 amide bonds. The fraction of sp³-hybridized carbons (Fsp3) is 0.556. The third kappa shape index (κ3) is 5.63. The van der Waals surface area contributed by atoms with E-state index in [1.54, 1.807) is 21.1 Å². The van der Waals surface area contributed by atoms with Crippen molar-refractivity contribution < 1.29 is 19.1 Å². The summed E-state index contributed by atoms with van der Waals surface area (Å²) in [5.41, 5.74) is 1.08. The highest BCUT2D eigenvalue weighted by Crippen LogP contribution is 2.27. The maximum Gasteiger partial charge on any atom is 0.234 e. The van der Waals surface area contributed by atoms with Gasteiger partial charge < -0.3 is 19.7 Å². The minimum atomic E-state index is 0.0109. The number of nitrogens with zero attached hydrogens (tertiary/aromatic N) is 2. The third-order valence-corrected chi connectivity index (χ3v) is 4.37. The van der Waals surface area contributed by atoms with Crippen LogP contribution in [0.2, 0.25) is 0 Å². The molecular formula is C18H27N3O4. The average molecular weight is 349 g/mol. The van der Waals surface area contributed by atoms with E-state index in [-0.39, 0.29) is 11.8 Å². The summed E-state index contributed by atoms with van der Waals surface area (Å²) in [5, 5.41) is 2.95. The van der Waals surface area contributed by atoms with Gasteiger partial charge in [-0.3, -0.25) is 14.5 Å². The number of carbonyl (C=O) groups excluding carboxylic acids is 2. The molecule has 7 nitrogen and oxygen atoms in total. The standard InChI is InChI=1S/C18H27N3O4/c1-14(22)21-10-8-20(9-11-21)13-18(23)19-7-6-15-4-5-16(24-2)17(12-15)25-3/h4-5,12H,6-11,13H2,1-3H3,(H,19,23). The number of methoxy groups -OCH3 is 2. The number of nitrogens with one attached hydrogen (secondary N) is 1. The van der Waals surface area contributed by atoms with Crippen LogP contribution in [0.5, 0.6) is 11.5 Å². The van der Waals surface area contributed by atoms with E-state index in [0.717, 1.165) is 25.1 Å². The fourth-order valence-electron chi connectivity index (χ4n) is 2.86. The van der Waals surface area contributed by atoms with E-state index in [1.807, 2.05) is 23.1 Å². The first-order chi connectivity index (χ1) is 12.0. The predicted octanol–water partition coefficient (Wildman–Crippen LogP) is 0.527. The van der Waals surface area contributed by atoms with Gasteiger partial charge in [0.1, 0.15) is 0 Å². The second-order valence-corrected chi connectivity index (χ2v) is 6.07. The molecule has 1 aliphatic heterocycles. The molecule has 0 aromatic heterocycles. The van der Waals surface area contributed by atoms with Gasteiger partial charge in [-0.2, -0.15) is 0 Å². The molecule has 1 heterocycles. The van der Waals surface area contributed by atoms with Crippen molar-refractivity contribution in [2.45, 2.75) is 13.3 Å². The van der Waals surface area contributed by atoms with Crippen LogP contribution in [0.25, 0.3) is 0 Å². The lowest BCUT2D eigenvalue weighted by Gasteiger charge is -2.33. The average Bonchev–Trinajstić information content (AvgIpc) is 2.62. The zero-order chi connectivity index (χ0) is 18.2. The molecule has 1 N–H and O–H groups in total. The summed E-state index contributed by atoms with van der Waals surface area (Å²) >= 11 is 0. The van der Waals surface area contributed by atoms with Crippen LogP contribution in [0.1, 0.15) is 12.5 Å². The van der Waals surface area contributed by atoms with Crippen molar-refractivity contribution in [3.8, 4) is 11.5 Å². The van der Waals surface area contributed by atoms with Gasteiger partial charge in [-0.05, 0) is 24.1 Å². The molecule has 0 unspecified atom stereocenters. The van der Waals surface area contributed by atoms with E-state index in [9.17, 15) is 9.59 Å². The monoisotopic (exact) mass is 349 g/mol. The first-order valence-electron chi connectivity index (χ1n) is 8.49. The molecule has 138 valence electrons. The van der Waals surface area contributed by atoms with Crippen molar-refractivity contribution in [3.05, 3.63) is 23.8 Å². The predicted molar refractivity (Wildman–Crippen MR) is 95.0 cm³/mol. The van der Waals surface area contributed by atoms with Crippen molar-refractivity contribution in [1.29, 1.82) is 0 Å². The van der Waals surface area contributed by atoms with E-state index < -0.39 is 0 Å². The van der Waals surface area contributed by atoms with E-state index in [0.29, 0.717) is 37.7 Å². The SMILES string of the molecule is COc1ccc(CCNC(=O)CN2CCN(C(C)=O)CC2)cc1OC. The summed E-state index contributed by atoms with van der Waals surface area (Å²) in [4.78, 5) is 27.2. The Labute approximate surface area is 148 Å². The van der Waals surface area contributed by atoms with Gasteiger partial charge in [0.2, 0.25) is 11.8 Å². The smallest absolute Gasteiger partial charge is 0.234 e. The van der Waals surface area contributed by atoms with E-state index in [4.69, 9.17) is 9.47 Å². The van der Waals surface area contributed by atoms with Crippen molar-refractivity contribution >= 4 is 11.8 Å². The summed E-state index contributed by atoms with van der Waals surface area (Å²) in [7, 11) is 3.21. The van der Waals surface area contributed by atoms with Crippen LogP contribution in [0, 0.1) is 0 Å². The molecule has 0 saturated carbocycles. The van der Waals surface area contributed by atoms with Gasteiger partial charge in [-0.1, -0.05) is 6.07 Å². The Hall–Kier alpha value is -2.28. The van der Waals surface area contributed by atoms with Crippen molar-refractivity contribution in [3.63, 3.8) is 0 Å². The van der Waals surface area contributed by atoms with Crippen LogP contribution >= 0.6 is 0 Å². The van der Waals surface area contributed by atoms with E-state index >= 15 is 0 Å². The number of hydrogen-bond donors (Lipinski definition) is 1. The molecule has 7 heteroatoms. The number of carbonyl (C=O) groups is 2. The molecule has 1 fully saturated rings. The largest absolute Gasteiger partial charge is 0.493 e.